The molecule has 0 spiro atoms. The zero-order valence-electron chi connectivity index (χ0n) is 19.8. The van der Waals surface area contributed by atoms with Gasteiger partial charge in [0.05, 0.1) is 0 Å². The number of nitrogens with zero attached hydrogens (tertiary/aromatic N) is 2. The second-order valence-corrected chi connectivity index (χ2v) is 18.6. The van der Waals surface area contributed by atoms with Gasteiger partial charge in [0.25, 0.3) is 0 Å². The summed E-state index contributed by atoms with van der Waals surface area (Å²) in [5.41, 5.74) is 0.932. The van der Waals surface area contributed by atoms with E-state index in [1.54, 1.807) is 0 Å². The maximum atomic E-state index is 5.97. The molecular weight excluding hydrogens is 547 g/mol. The van der Waals surface area contributed by atoms with E-state index in [9.17, 15) is 0 Å². The van der Waals surface area contributed by atoms with Gasteiger partial charge in [-0.05, 0) is 0 Å². The first kappa shape index (κ1) is 25.0. The van der Waals surface area contributed by atoms with Crippen LogP contribution in [0.15, 0.2) is 126 Å². The second kappa shape index (κ2) is 10.7. The van der Waals surface area contributed by atoms with Gasteiger partial charge in [-0.1, -0.05) is 0 Å². The number of thiol groups is 1. The third-order valence-corrected chi connectivity index (χ3v) is 17.2. The summed E-state index contributed by atoms with van der Waals surface area (Å²) in [6.07, 6.45) is 2.34. The van der Waals surface area contributed by atoms with Gasteiger partial charge in [0, 0.05) is 0 Å². The Balaban J connectivity index is 1.49. The van der Waals surface area contributed by atoms with E-state index in [1.807, 2.05) is 30.3 Å². The molecule has 36 heavy (non-hydrogen) atoms. The van der Waals surface area contributed by atoms with E-state index < -0.39 is 5.31 Å². The van der Waals surface area contributed by atoms with Crippen molar-refractivity contribution in [1.29, 1.82) is 0 Å². The molecule has 0 saturated carbocycles. The van der Waals surface area contributed by atoms with Crippen LogP contribution in [0.1, 0.15) is 12.3 Å². The molecule has 1 heterocycles. The predicted octanol–water partition coefficient (Wildman–Crippen LogP) is 6.81. The first-order valence-corrected chi connectivity index (χ1v) is 17.0. The Morgan fingerprint density at radius 2 is 1.11 bits per heavy atom. The molecule has 0 aliphatic heterocycles. The molecular formula is C30H28BrN2OPS. The van der Waals surface area contributed by atoms with Crippen molar-refractivity contribution in [3.05, 3.63) is 127 Å². The van der Waals surface area contributed by atoms with Crippen molar-refractivity contribution in [2.45, 2.75) is 18.1 Å². The molecule has 0 N–H and O–H groups in total. The van der Waals surface area contributed by atoms with Crippen LogP contribution in [-0.4, -0.2) is 21.6 Å². The molecule has 0 bridgehead atoms. The summed E-state index contributed by atoms with van der Waals surface area (Å²) in [6, 6.07) is 42.3. The van der Waals surface area contributed by atoms with Crippen LogP contribution in [0.2, 0.25) is 0 Å². The first-order chi connectivity index (χ1) is 17.6. The summed E-state index contributed by atoms with van der Waals surface area (Å²) in [7, 11) is 0. The van der Waals surface area contributed by atoms with E-state index in [0.29, 0.717) is 18.2 Å². The zero-order valence-corrected chi connectivity index (χ0v) is 23.2. The molecule has 4 aromatic carbocycles. The third-order valence-electron chi connectivity index (χ3n) is 6.62. The van der Waals surface area contributed by atoms with Crippen LogP contribution in [0.3, 0.4) is 0 Å². The van der Waals surface area contributed by atoms with Crippen molar-refractivity contribution >= 4 is 49.3 Å². The fourth-order valence-corrected chi connectivity index (χ4v) is 14.6. The number of aromatic nitrogens is 2. The zero-order chi connectivity index (χ0) is 24.9. The van der Waals surface area contributed by atoms with Crippen LogP contribution >= 0.6 is 33.4 Å². The van der Waals surface area contributed by atoms with Crippen molar-refractivity contribution in [1.82, 2.24) is 10.2 Å². The van der Waals surface area contributed by atoms with E-state index in [4.69, 9.17) is 17.0 Å². The Morgan fingerprint density at radius 3 is 1.58 bits per heavy atom. The number of hydrogen-bond donors (Lipinski definition) is 1. The summed E-state index contributed by atoms with van der Waals surface area (Å²) < 4.78 is 5.97. The quantitative estimate of drug-likeness (QED) is 0.155. The minimum atomic E-state index is -3.02. The van der Waals surface area contributed by atoms with Crippen LogP contribution in [0.5, 0.6) is 0 Å². The molecule has 1 atom stereocenters. The molecule has 1 aromatic heterocycles. The summed E-state index contributed by atoms with van der Waals surface area (Å²) in [5, 5.41) is 9.51. The van der Waals surface area contributed by atoms with Crippen LogP contribution in [-0.2, 0) is 6.42 Å². The molecule has 6 heteroatoms. The number of hydrogen-bond acceptors (Lipinski definition) is 4. The van der Waals surface area contributed by atoms with Crippen molar-refractivity contribution in [2.24, 2.45) is 0 Å². The molecule has 3 nitrogen and oxygen atoms in total. The average Bonchev–Trinajstić information content (AvgIpc) is 3.43. The van der Waals surface area contributed by atoms with Crippen LogP contribution in [0.25, 0.3) is 11.5 Å². The Kier molecular flexibility index (Phi) is 7.43. The van der Waals surface area contributed by atoms with Gasteiger partial charge in [-0.3, -0.25) is 0 Å². The third kappa shape index (κ3) is 4.80. The first-order valence-electron chi connectivity index (χ1n) is 12.0. The number of benzene rings is 4. The van der Waals surface area contributed by atoms with Crippen molar-refractivity contribution in [3.8, 4) is 11.5 Å². The van der Waals surface area contributed by atoms with Gasteiger partial charge in [-0.2, -0.15) is 0 Å². The second-order valence-electron chi connectivity index (χ2n) is 8.93. The summed E-state index contributed by atoms with van der Waals surface area (Å²) in [6.45, 7) is 0. The fraction of sp³-hybridized carbons (Fsp3) is 0.133. The van der Waals surface area contributed by atoms with Crippen molar-refractivity contribution in [2.75, 3.05) is 6.16 Å². The Bertz CT molecular complexity index is 1300. The Morgan fingerprint density at radius 1 is 0.667 bits per heavy atom. The molecule has 0 aliphatic carbocycles. The van der Waals surface area contributed by atoms with Gasteiger partial charge in [0.1, 0.15) is 0 Å². The molecule has 5 rings (SSSR count). The maximum absolute atomic E-state index is 5.97. The molecule has 0 aliphatic rings. The molecule has 0 radical (unpaired) electrons. The molecule has 182 valence electrons. The monoisotopic (exact) mass is 574 g/mol. The van der Waals surface area contributed by atoms with E-state index >= 15 is 0 Å². The van der Waals surface area contributed by atoms with Gasteiger partial charge in [-0.25, -0.2) is 0 Å². The van der Waals surface area contributed by atoms with E-state index in [0.717, 1.165) is 18.1 Å². The van der Waals surface area contributed by atoms with Crippen LogP contribution < -0.4 is 15.9 Å². The minimum absolute atomic E-state index is 0.0923. The van der Waals surface area contributed by atoms with Crippen LogP contribution in [0, 0.1) is 0 Å². The molecule has 5 aromatic rings. The Labute approximate surface area is 226 Å². The van der Waals surface area contributed by atoms with Crippen molar-refractivity contribution < 1.29 is 4.42 Å². The number of aryl methyl sites for hydroxylation is 1. The fourth-order valence-electron chi connectivity index (χ4n) is 4.81. The van der Waals surface area contributed by atoms with Gasteiger partial charge >= 0.3 is 227 Å². The molecule has 1 unspecified atom stereocenters. The van der Waals surface area contributed by atoms with E-state index in [-0.39, 0.29) is 5.25 Å². The average molecular weight is 576 g/mol. The molecule has 0 saturated heterocycles. The normalized spacial score (nSPS) is 13.6. The number of halogens is 1. The van der Waals surface area contributed by atoms with Gasteiger partial charge in [-0.15, -0.1) is 0 Å². The van der Waals surface area contributed by atoms with Gasteiger partial charge < -0.3 is 0 Å². The van der Waals surface area contributed by atoms with Gasteiger partial charge in [0.15, 0.2) is 0 Å². The van der Waals surface area contributed by atoms with Crippen LogP contribution in [0.4, 0.5) is 0 Å². The standard InChI is InChI=1S/C30H28BrN2OPS/c31-35(25-15-7-2-8-16-25,26-17-9-3-10-18-26,27-19-11-4-12-20-27)23-28(36)21-22-29-32-33-30(34-29)24-13-5-1-6-14-24/h1-20,28,36H,21-23H2. The Hall–Kier alpha value is -2.72. The SMILES string of the molecule is SC(CCc1nnc(-c2ccccc2)o1)CP(Br)(c1ccccc1)(c1ccccc1)c1ccccc1. The summed E-state index contributed by atoms with van der Waals surface area (Å²) in [4.78, 5) is 0. The predicted molar refractivity (Wildman–Crippen MR) is 160 cm³/mol. The summed E-state index contributed by atoms with van der Waals surface area (Å²) >= 11 is 9.66. The van der Waals surface area contributed by atoms with Gasteiger partial charge in [0.2, 0.25) is 0 Å². The topological polar surface area (TPSA) is 38.9 Å². The number of rotatable bonds is 9. The van der Waals surface area contributed by atoms with E-state index in [2.05, 4.69) is 117 Å². The summed E-state index contributed by atoms with van der Waals surface area (Å²) in [5.74, 6) is 1.20. The van der Waals surface area contributed by atoms with Crippen molar-refractivity contribution in [3.63, 3.8) is 0 Å². The molecule has 0 fully saturated rings. The van der Waals surface area contributed by atoms with E-state index in [1.165, 1.54) is 15.9 Å². The molecule has 0 amide bonds.